The summed E-state index contributed by atoms with van der Waals surface area (Å²) in [5.74, 6) is 0.943. The summed E-state index contributed by atoms with van der Waals surface area (Å²) in [5.41, 5.74) is 0. The minimum Gasteiger partial charge on any atom is -0.342 e. The van der Waals surface area contributed by atoms with E-state index in [0.717, 1.165) is 64.6 Å². The third-order valence-electron chi connectivity index (χ3n) is 5.87. The lowest BCUT2D eigenvalue weighted by Crippen LogP contribution is -2.49. The van der Waals surface area contributed by atoms with Crippen LogP contribution in [0.15, 0.2) is 0 Å². The Balaban J connectivity index is 1.88. The normalized spacial score (nSPS) is 23.4. The zero-order valence-electron chi connectivity index (χ0n) is 15.2. The molecule has 1 unspecified atom stereocenters. The summed E-state index contributed by atoms with van der Waals surface area (Å²) < 4.78 is 0. The van der Waals surface area contributed by atoms with Gasteiger partial charge in [0.05, 0.1) is 0 Å². The SMILES string of the molecule is CCC(CC)C(=O)N1CCC(C(=O)N2CCCCC2CC)CC1. The van der Waals surface area contributed by atoms with Crippen molar-refractivity contribution < 1.29 is 9.59 Å². The first-order valence-corrected chi connectivity index (χ1v) is 9.71. The van der Waals surface area contributed by atoms with E-state index in [4.69, 9.17) is 0 Å². The van der Waals surface area contributed by atoms with Crippen molar-refractivity contribution in [2.45, 2.75) is 78.2 Å². The predicted octanol–water partition coefficient (Wildman–Crippen LogP) is 3.45. The quantitative estimate of drug-likeness (QED) is 0.778. The molecule has 2 saturated heterocycles. The van der Waals surface area contributed by atoms with Gasteiger partial charge in [-0.25, -0.2) is 0 Å². The van der Waals surface area contributed by atoms with Crippen LogP contribution in [0, 0.1) is 11.8 Å². The van der Waals surface area contributed by atoms with Gasteiger partial charge in [0.15, 0.2) is 0 Å². The molecule has 2 aliphatic heterocycles. The summed E-state index contributed by atoms with van der Waals surface area (Å²) in [7, 11) is 0. The molecule has 0 saturated carbocycles. The first-order valence-electron chi connectivity index (χ1n) is 9.71. The van der Waals surface area contributed by atoms with Gasteiger partial charge in [0.25, 0.3) is 0 Å². The molecule has 1 atom stereocenters. The second kappa shape index (κ2) is 8.70. The van der Waals surface area contributed by atoms with Crippen LogP contribution in [0.5, 0.6) is 0 Å². The third-order valence-corrected chi connectivity index (χ3v) is 5.87. The second-order valence-corrected chi connectivity index (χ2v) is 7.20. The van der Waals surface area contributed by atoms with Crippen molar-refractivity contribution in [1.29, 1.82) is 0 Å². The molecule has 0 aromatic rings. The summed E-state index contributed by atoms with van der Waals surface area (Å²) in [6, 6.07) is 0.445. The van der Waals surface area contributed by atoms with E-state index in [1.807, 2.05) is 4.90 Å². The van der Waals surface area contributed by atoms with E-state index in [1.54, 1.807) is 0 Å². The van der Waals surface area contributed by atoms with Gasteiger partial charge >= 0.3 is 0 Å². The molecule has 0 aromatic heterocycles. The number of rotatable bonds is 5. The highest BCUT2D eigenvalue weighted by atomic mass is 16.2. The fraction of sp³-hybridized carbons (Fsp3) is 0.895. The maximum Gasteiger partial charge on any atom is 0.226 e. The van der Waals surface area contributed by atoms with Crippen LogP contribution in [0.25, 0.3) is 0 Å². The van der Waals surface area contributed by atoms with Crippen LogP contribution in [0.4, 0.5) is 0 Å². The van der Waals surface area contributed by atoms with Gasteiger partial charge in [-0.1, -0.05) is 20.8 Å². The third kappa shape index (κ3) is 4.27. The highest BCUT2D eigenvalue weighted by Crippen LogP contribution is 2.27. The number of hydrogen-bond acceptors (Lipinski definition) is 2. The average molecular weight is 322 g/mol. The first-order chi connectivity index (χ1) is 11.1. The molecule has 0 radical (unpaired) electrons. The van der Waals surface area contributed by atoms with Crippen LogP contribution in [0.1, 0.15) is 72.1 Å². The first kappa shape index (κ1) is 18.3. The van der Waals surface area contributed by atoms with E-state index in [9.17, 15) is 9.59 Å². The number of nitrogens with zero attached hydrogens (tertiary/aromatic N) is 2. The van der Waals surface area contributed by atoms with Crippen LogP contribution in [0.3, 0.4) is 0 Å². The lowest BCUT2D eigenvalue weighted by molar-refractivity contribution is -0.145. The maximum atomic E-state index is 12.9. The van der Waals surface area contributed by atoms with Crippen molar-refractivity contribution in [3.05, 3.63) is 0 Å². The smallest absolute Gasteiger partial charge is 0.226 e. The van der Waals surface area contributed by atoms with Crippen molar-refractivity contribution in [2.24, 2.45) is 11.8 Å². The molecule has 2 heterocycles. The molecule has 0 spiro atoms. The topological polar surface area (TPSA) is 40.6 Å². The zero-order valence-corrected chi connectivity index (χ0v) is 15.2. The minimum atomic E-state index is 0.132. The van der Waals surface area contributed by atoms with Gasteiger partial charge in [-0.2, -0.15) is 0 Å². The Kier molecular flexibility index (Phi) is 6.91. The number of hydrogen-bond donors (Lipinski definition) is 0. The van der Waals surface area contributed by atoms with Crippen LogP contribution < -0.4 is 0 Å². The Morgan fingerprint density at radius 2 is 1.61 bits per heavy atom. The summed E-state index contributed by atoms with van der Waals surface area (Å²) in [5, 5.41) is 0. The molecule has 0 N–H and O–H groups in total. The van der Waals surface area contributed by atoms with Gasteiger partial charge in [-0.05, 0) is 51.4 Å². The van der Waals surface area contributed by atoms with Crippen LogP contribution in [0.2, 0.25) is 0 Å². The molecule has 4 heteroatoms. The molecule has 4 nitrogen and oxygen atoms in total. The summed E-state index contributed by atoms with van der Waals surface area (Å²) in [6.07, 6.45) is 8.15. The molecule has 0 aromatic carbocycles. The van der Waals surface area contributed by atoms with Crippen molar-refractivity contribution in [3.8, 4) is 0 Å². The van der Waals surface area contributed by atoms with Crippen molar-refractivity contribution in [2.75, 3.05) is 19.6 Å². The Bertz CT molecular complexity index is 398. The van der Waals surface area contributed by atoms with E-state index >= 15 is 0 Å². The van der Waals surface area contributed by atoms with E-state index in [0.29, 0.717) is 17.9 Å². The highest BCUT2D eigenvalue weighted by Gasteiger charge is 2.34. The molecule has 2 amide bonds. The Morgan fingerprint density at radius 3 is 2.17 bits per heavy atom. The largest absolute Gasteiger partial charge is 0.342 e. The maximum absolute atomic E-state index is 12.9. The predicted molar refractivity (Wildman–Crippen MR) is 93.0 cm³/mol. The van der Waals surface area contributed by atoms with Gasteiger partial charge in [-0.3, -0.25) is 9.59 Å². The molecule has 23 heavy (non-hydrogen) atoms. The fourth-order valence-corrected chi connectivity index (χ4v) is 4.19. The Morgan fingerprint density at radius 1 is 0.957 bits per heavy atom. The monoisotopic (exact) mass is 322 g/mol. The molecule has 2 aliphatic rings. The molecule has 132 valence electrons. The Hall–Kier alpha value is -1.06. The second-order valence-electron chi connectivity index (χ2n) is 7.20. The van der Waals surface area contributed by atoms with E-state index in [-0.39, 0.29) is 11.8 Å². The molecule has 0 aliphatic carbocycles. The van der Waals surface area contributed by atoms with Crippen molar-refractivity contribution in [3.63, 3.8) is 0 Å². The van der Waals surface area contributed by atoms with E-state index in [1.165, 1.54) is 6.42 Å². The fourth-order valence-electron chi connectivity index (χ4n) is 4.19. The van der Waals surface area contributed by atoms with Gasteiger partial charge in [-0.15, -0.1) is 0 Å². The molecule has 2 rings (SSSR count). The molecule has 0 bridgehead atoms. The van der Waals surface area contributed by atoms with Crippen LogP contribution in [-0.4, -0.2) is 47.3 Å². The summed E-state index contributed by atoms with van der Waals surface area (Å²) in [4.78, 5) is 29.5. The van der Waals surface area contributed by atoms with Gasteiger partial charge in [0.2, 0.25) is 11.8 Å². The minimum absolute atomic E-state index is 0.132. The molecule has 2 fully saturated rings. The standard InChI is InChI=1S/C19H34N2O2/c1-4-15(5-2)18(22)20-13-10-16(11-14-20)19(23)21-12-8-7-9-17(21)6-3/h15-17H,4-14H2,1-3H3. The number of carbonyl (C=O) groups excluding carboxylic acids is 2. The molecular weight excluding hydrogens is 288 g/mol. The van der Waals surface area contributed by atoms with Crippen LogP contribution >= 0.6 is 0 Å². The summed E-state index contributed by atoms with van der Waals surface area (Å²) in [6.45, 7) is 8.82. The van der Waals surface area contributed by atoms with Gasteiger partial charge in [0.1, 0.15) is 0 Å². The summed E-state index contributed by atoms with van der Waals surface area (Å²) >= 11 is 0. The van der Waals surface area contributed by atoms with Gasteiger partial charge < -0.3 is 9.80 Å². The van der Waals surface area contributed by atoms with Gasteiger partial charge in [0, 0.05) is 37.5 Å². The average Bonchev–Trinajstić information content (AvgIpc) is 2.62. The lowest BCUT2D eigenvalue weighted by atomic mass is 9.91. The van der Waals surface area contributed by atoms with E-state index < -0.39 is 0 Å². The number of carbonyl (C=O) groups is 2. The number of likely N-dealkylation sites (tertiary alicyclic amines) is 2. The Labute approximate surface area is 141 Å². The molecular formula is C19H34N2O2. The van der Waals surface area contributed by atoms with Crippen LogP contribution in [-0.2, 0) is 9.59 Å². The van der Waals surface area contributed by atoms with Crippen molar-refractivity contribution in [1.82, 2.24) is 9.80 Å². The van der Waals surface area contributed by atoms with E-state index in [2.05, 4.69) is 25.7 Å². The lowest BCUT2D eigenvalue weighted by Gasteiger charge is -2.40. The zero-order chi connectivity index (χ0) is 16.8. The van der Waals surface area contributed by atoms with Crippen molar-refractivity contribution >= 4 is 11.8 Å². The number of amides is 2. The highest BCUT2D eigenvalue weighted by molar-refractivity contribution is 5.81. The number of piperidine rings is 2.